The van der Waals surface area contributed by atoms with Gasteiger partial charge in [-0.05, 0) is 39.3 Å². The van der Waals surface area contributed by atoms with Crippen molar-refractivity contribution < 1.29 is 4.79 Å². The lowest BCUT2D eigenvalue weighted by Crippen LogP contribution is -2.38. The molecule has 1 amide bonds. The van der Waals surface area contributed by atoms with Crippen molar-refractivity contribution in [1.29, 1.82) is 0 Å². The molecule has 0 spiro atoms. The summed E-state index contributed by atoms with van der Waals surface area (Å²) in [6.07, 6.45) is 0.464. The lowest BCUT2D eigenvalue weighted by molar-refractivity contribution is -0.121. The van der Waals surface area contributed by atoms with E-state index in [1.807, 2.05) is 31.2 Å². The summed E-state index contributed by atoms with van der Waals surface area (Å²) in [6, 6.07) is 7.50. The van der Waals surface area contributed by atoms with Crippen LogP contribution in [0.4, 0.5) is 0 Å². The standard InChI is InChI=1S/C15H23ClN2O/c1-11(12-7-5-6-8-13(12)16)18-14(19)9-10-17-15(2,3)4/h5-8,11,17H,9-10H2,1-4H3,(H,18,19)/t11-/m1/s1. The summed E-state index contributed by atoms with van der Waals surface area (Å²) in [6.45, 7) is 8.85. The lowest BCUT2D eigenvalue weighted by Gasteiger charge is -2.21. The molecule has 0 radical (unpaired) electrons. The number of hydrogen-bond donors (Lipinski definition) is 2. The van der Waals surface area contributed by atoms with E-state index in [9.17, 15) is 4.79 Å². The Hall–Kier alpha value is -1.06. The summed E-state index contributed by atoms with van der Waals surface area (Å²) in [5.74, 6) is 0.0316. The van der Waals surface area contributed by atoms with Gasteiger partial charge in [-0.1, -0.05) is 29.8 Å². The third kappa shape index (κ3) is 6.08. The zero-order valence-electron chi connectivity index (χ0n) is 12.1. The number of rotatable bonds is 5. The molecule has 0 aliphatic carbocycles. The molecule has 0 saturated heterocycles. The summed E-state index contributed by atoms with van der Waals surface area (Å²) in [4.78, 5) is 11.8. The first-order valence-electron chi connectivity index (χ1n) is 6.58. The molecule has 0 aliphatic heterocycles. The van der Waals surface area contributed by atoms with Gasteiger partial charge in [-0.2, -0.15) is 0 Å². The highest BCUT2D eigenvalue weighted by Gasteiger charge is 2.13. The molecule has 1 aromatic carbocycles. The molecule has 106 valence electrons. The fraction of sp³-hybridized carbons (Fsp3) is 0.533. The fourth-order valence-electron chi connectivity index (χ4n) is 1.77. The third-order valence-corrected chi connectivity index (χ3v) is 3.10. The van der Waals surface area contributed by atoms with Crippen molar-refractivity contribution in [3.8, 4) is 0 Å². The maximum atomic E-state index is 11.8. The average Bonchev–Trinajstić information content (AvgIpc) is 2.27. The normalized spacial score (nSPS) is 13.1. The molecular weight excluding hydrogens is 260 g/mol. The van der Waals surface area contributed by atoms with E-state index in [1.165, 1.54) is 0 Å². The van der Waals surface area contributed by atoms with Crippen LogP contribution in [-0.4, -0.2) is 18.0 Å². The molecule has 1 rings (SSSR count). The molecule has 3 nitrogen and oxygen atoms in total. The van der Waals surface area contributed by atoms with Crippen LogP contribution >= 0.6 is 11.6 Å². The van der Waals surface area contributed by atoms with E-state index in [0.29, 0.717) is 18.0 Å². The predicted molar refractivity (Wildman–Crippen MR) is 80.4 cm³/mol. The summed E-state index contributed by atoms with van der Waals surface area (Å²) in [7, 11) is 0. The van der Waals surface area contributed by atoms with E-state index < -0.39 is 0 Å². The van der Waals surface area contributed by atoms with Crippen LogP contribution in [0.25, 0.3) is 0 Å². The smallest absolute Gasteiger partial charge is 0.221 e. The minimum Gasteiger partial charge on any atom is -0.349 e. The van der Waals surface area contributed by atoms with Crippen molar-refractivity contribution in [2.45, 2.75) is 45.7 Å². The van der Waals surface area contributed by atoms with Gasteiger partial charge in [-0.25, -0.2) is 0 Å². The fourth-order valence-corrected chi connectivity index (χ4v) is 2.07. The molecule has 0 aromatic heterocycles. The van der Waals surface area contributed by atoms with Gasteiger partial charge < -0.3 is 10.6 Å². The van der Waals surface area contributed by atoms with E-state index in [0.717, 1.165) is 5.56 Å². The van der Waals surface area contributed by atoms with Gasteiger partial charge in [0, 0.05) is 23.5 Å². The number of benzene rings is 1. The monoisotopic (exact) mass is 282 g/mol. The number of carbonyl (C=O) groups excluding carboxylic acids is 1. The van der Waals surface area contributed by atoms with E-state index in [2.05, 4.69) is 31.4 Å². The first kappa shape index (κ1) is 16.0. The van der Waals surface area contributed by atoms with Gasteiger partial charge in [-0.15, -0.1) is 0 Å². The van der Waals surface area contributed by atoms with Crippen molar-refractivity contribution >= 4 is 17.5 Å². The van der Waals surface area contributed by atoms with Crippen LogP contribution in [-0.2, 0) is 4.79 Å². The van der Waals surface area contributed by atoms with E-state index in [-0.39, 0.29) is 17.5 Å². The van der Waals surface area contributed by atoms with Gasteiger partial charge in [0.05, 0.1) is 6.04 Å². The quantitative estimate of drug-likeness (QED) is 0.870. The molecule has 0 saturated carbocycles. The summed E-state index contributed by atoms with van der Waals surface area (Å²) in [5.41, 5.74) is 0.982. The number of carbonyl (C=O) groups is 1. The molecule has 1 aromatic rings. The lowest BCUT2D eigenvalue weighted by atomic mass is 10.1. The molecular formula is C15H23ClN2O. The first-order chi connectivity index (χ1) is 8.79. The second-order valence-electron chi connectivity index (χ2n) is 5.74. The van der Waals surface area contributed by atoms with Crippen LogP contribution in [0.15, 0.2) is 24.3 Å². The average molecular weight is 283 g/mol. The topological polar surface area (TPSA) is 41.1 Å². The van der Waals surface area contributed by atoms with E-state index in [1.54, 1.807) is 0 Å². The van der Waals surface area contributed by atoms with E-state index >= 15 is 0 Å². The Bertz CT molecular complexity index is 426. The van der Waals surface area contributed by atoms with Crippen LogP contribution in [0.1, 0.15) is 45.7 Å². The predicted octanol–water partition coefficient (Wildman–Crippen LogP) is 3.30. The molecule has 0 aliphatic rings. The number of nitrogens with one attached hydrogen (secondary N) is 2. The number of halogens is 1. The van der Waals surface area contributed by atoms with Crippen molar-refractivity contribution in [3.05, 3.63) is 34.9 Å². The molecule has 4 heteroatoms. The molecule has 0 bridgehead atoms. The second-order valence-corrected chi connectivity index (χ2v) is 6.14. The highest BCUT2D eigenvalue weighted by Crippen LogP contribution is 2.21. The Morgan fingerprint density at radius 2 is 1.95 bits per heavy atom. The Morgan fingerprint density at radius 3 is 2.53 bits per heavy atom. The molecule has 0 heterocycles. The van der Waals surface area contributed by atoms with Crippen molar-refractivity contribution in [2.75, 3.05) is 6.54 Å². The summed E-state index contributed by atoms with van der Waals surface area (Å²) < 4.78 is 0. The second kappa shape index (κ2) is 6.92. The zero-order chi connectivity index (χ0) is 14.5. The number of hydrogen-bond acceptors (Lipinski definition) is 2. The van der Waals surface area contributed by atoms with Gasteiger partial charge >= 0.3 is 0 Å². The largest absolute Gasteiger partial charge is 0.349 e. The Morgan fingerprint density at radius 1 is 1.32 bits per heavy atom. The van der Waals surface area contributed by atoms with Gasteiger partial charge in [0.2, 0.25) is 5.91 Å². The molecule has 0 unspecified atom stereocenters. The molecule has 0 fully saturated rings. The minimum atomic E-state index is -0.0733. The van der Waals surface area contributed by atoms with Crippen LogP contribution in [0.2, 0.25) is 5.02 Å². The maximum Gasteiger partial charge on any atom is 0.221 e. The van der Waals surface area contributed by atoms with Crippen LogP contribution in [0, 0.1) is 0 Å². The molecule has 19 heavy (non-hydrogen) atoms. The Labute approximate surface area is 120 Å². The third-order valence-electron chi connectivity index (χ3n) is 2.76. The minimum absolute atomic E-state index is 0.0316. The van der Waals surface area contributed by atoms with Gasteiger partial charge in [-0.3, -0.25) is 4.79 Å². The van der Waals surface area contributed by atoms with Crippen LogP contribution in [0.5, 0.6) is 0 Å². The van der Waals surface area contributed by atoms with Gasteiger partial charge in [0.25, 0.3) is 0 Å². The highest BCUT2D eigenvalue weighted by molar-refractivity contribution is 6.31. The van der Waals surface area contributed by atoms with Crippen LogP contribution in [0.3, 0.4) is 0 Å². The summed E-state index contributed by atoms with van der Waals surface area (Å²) >= 11 is 6.10. The maximum absolute atomic E-state index is 11.8. The Kier molecular flexibility index (Phi) is 5.83. The van der Waals surface area contributed by atoms with Crippen molar-refractivity contribution in [1.82, 2.24) is 10.6 Å². The number of amides is 1. The first-order valence-corrected chi connectivity index (χ1v) is 6.96. The van der Waals surface area contributed by atoms with Gasteiger partial charge in [0.1, 0.15) is 0 Å². The van der Waals surface area contributed by atoms with Gasteiger partial charge in [0.15, 0.2) is 0 Å². The zero-order valence-corrected chi connectivity index (χ0v) is 12.8. The Balaban J connectivity index is 2.43. The van der Waals surface area contributed by atoms with Crippen molar-refractivity contribution in [3.63, 3.8) is 0 Å². The van der Waals surface area contributed by atoms with Crippen molar-refractivity contribution in [2.24, 2.45) is 0 Å². The highest BCUT2D eigenvalue weighted by atomic mass is 35.5. The van der Waals surface area contributed by atoms with E-state index in [4.69, 9.17) is 11.6 Å². The molecule has 2 N–H and O–H groups in total. The summed E-state index contributed by atoms with van der Waals surface area (Å²) in [5, 5.41) is 6.93. The van der Waals surface area contributed by atoms with Crippen LogP contribution < -0.4 is 10.6 Å². The molecule has 1 atom stereocenters. The SMILES string of the molecule is C[C@@H](NC(=O)CCNC(C)(C)C)c1ccccc1Cl.